The Kier molecular flexibility index (Phi) is 7.16. The van der Waals surface area contributed by atoms with Crippen molar-refractivity contribution in [3.05, 3.63) is 62.7 Å². The number of nitrogens with one attached hydrogen (secondary N) is 1. The minimum absolute atomic E-state index is 0.0136. The summed E-state index contributed by atoms with van der Waals surface area (Å²) in [6, 6.07) is 7.29. The maximum Gasteiger partial charge on any atom is 0.263 e. The van der Waals surface area contributed by atoms with E-state index in [0.29, 0.717) is 12.4 Å². The first-order valence-corrected chi connectivity index (χ1v) is 9.15. The largest absolute Gasteiger partial charge is 0.463 e. The SMILES string of the molecule is CCCOCc1oc(C)cc(=O)c1C(=O)Nc1c(CC)cccc1CC. The number of hydrogen-bond donors (Lipinski definition) is 1. The number of rotatable bonds is 8. The molecule has 5 heteroatoms. The molecular weight excluding hydrogens is 330 g/mol. The monoisotopic (exact) mass is 357 g/mol. The highest BCUT2D eigenvalue weighted by Gasteiger charge is 2.21. The van der Waals surface area contributed by atoms with Crippen LogP contribution in [-0.4, -0.2) is 12.5 Å². The molecule has 1 aromatic heterocycles. The molecule has 0 radical (unpaired) electrons. The molecule has 0 saturated heterocycles. The summed E-state index contributed by atoms with van der Waals surface area (Å²) in [7, 11) is 0. The lowest BCUT2D eigenvalue weighted by atomic mass is 10.0. The van der Waals surface area contributed by atoms with Crippen LogP contribution >= 0.6 is 0 Å². The maximum atomic E-state index is 12.9. The molecule has 140 valence electrons. The first-order chi connectivity index (χ1) is 12.5. The third-order valence-corrected chi connectivity index (χ3v) is 4.19. The molecule has 5 nitrogen and oxygen atoms in total. The number of carbonyl (C=O) groups excluding carboxylic acids is 1. The summed E-state index contributed by atoms with van der Waals surface area (Å²) in [5.74, 6) is 0.280. The summed E-state index contributed by atoms with van der Waals surface area (Å²) in [4.78, 5) is 25.4. The zero-order valence-electron chi connectivity index (χ0n) is 16.0. The second-order valence-corrected chi connectivity index (χ2v) is 6.18. The van der Waals surface area contributed by atoms with Crippen molar-refractivity contribution in [2.75, 3.05) is 11.9 Å². The molecule has 0 aliphatic heterocycles. The van der Waals surface area contributed by atoms with Gasteiger partial charge in [0.05, 0.1) is 0 Å². The lowest BCUT2D eigenvalue weighted by Gasteiger charge is -2.15. The van der Waals surface area contributed by atoms with Crippen LogP contribution in [0.4, 0.5) is 5.69 Å². The van der Waals surface area contributed by atoms with Crippen molar-refractivity contribution in [3.8, 4) is 0 Å². The van der Waals surface area contributed by atoms with Crippen LogP contribution in [-0.2, 0) is 24.2 Å². The Hall–Kier alpha value is -2.40. The average molecular weight is 357 g/mol. The van der Waals surface area contributed by atoms with Gasteiger partial charge in [0.2, 0.25) is 0 Å². The second kappa shape index (κ2) is 9.34. The number of ether oxygens (including phenoxy) is 1. The molecule has 1 amide bonds. The third-order valence-electron chi connectivity index (χ3n) is 4.19. The molecular formula is C21H27NO4. The van der Waals surface area contributed by atoms with Crippen LogP contribution in [0.2, 0.25) is 0 Å². The van der Waals surface area contributed by atoms with Crippen LogP contribution in [0, 0.1) is 6.92 Å². The first-order valence-electron chi connectivity index (χ1n) is 9.15. The number of anilines is 1. The molecule has 1 heterocycles. The van der Waals surface area contributed by atoms with Gasteiger partial charge in [-0.1, -0.05) is 39.0 Å². The zero-order valence-corrected chi connectivity index (χ0v) is 16.0. The molecule has 2 rings (SSSR count). The van der Waals surface area contributed by atoms with Gasteiger partial charge in [-0.15, -0.1) is 0 Å². The van der Waals surface area contributed by atoms with Gasteiger partial charge in [-0.2, -0.15) is 0 Å². The fourth-order valence-electron chi connectivity index (χ4n) is 2.90. The molecule has 0 saturated carbocycles. The second-order valence-electron chi connectivity index (χ2n) is 6.18. The van der Waals surface area contributed by atoms with Gasteiger partial charge in [0, 0.05) is 18.4 Å². The van der Waals surface area contributed by atoms with E-state index in [4.69, 9.17) is 9.15 Å². The minimum Gasteiger partial charge on any atom is -0.463 e. The van der Waals surface area contributed by atoms with Crippen LogP contribution in [0.25, 0.3) is 0 Å². The van der Waals surface area contributed by atoms with Crippen LogP contribution in [0.5, 0.6) is 0 Å². The molecule has 2 aromatic rings. The Morgan fingerprint density at radius 2 is 1.81 bits per heavy atom. The molecule has 0 spiro atoms. The Morgan fingerprint density at radius 1 is 1.15 bits per heavy atom. The van der Waals surface area contributed by atoms with Crippen molar-refractivity contribution in [1.82, 2.24) is 0 Å². The lowest BCUT2D eigenvalue weighted by molar-refractivity contribution is 0.0953. The molecule has 0 unspecified atom stereocenters. The molecule has 0 bridgehead atoms. The van der Waals surface area contributed by atoms with E-state index in [-0.39, 0.29) is 23.4 Å². The Balaban J connectivity index is 2.40. The molecule has 0 atom stereocenters. The molecule has 0 aliphatic carbocycles. The summed E-state index contributed by atoms with van der Waals surface area (Å²) in [6.07, 6.45) is 2.43. The van der Waals surface area contributed by atoms with Gasteiger partial charge in [0.15, 0.2) is 5.43 Å². The van der Waals surface area contributed by atoms with Crippen molar-refractivity contribution in [2.24, 2.45) is 0 Å². The summed E-state index contributed by atoms with van der Waals surface area (Å²) >= 11 is 0. The van der Waals surface area contributed by atoms with E-state index in [1.807, 2.05) is 39.0 Å². The van der Waals surface area contributed by atoms with Crippen LogP contribution in [0.1, 0.15) is 60.2 Å². The van der Waals surface area contributed by atoms with E-state index in [2.05, 4.69) is 5.32 Å². The molecule has 0 aliphatic rings. The van der Waals surface area contributed by atoms with Gasteiger partial charge in [-0.25, -0.2) is 0 Å². The molecule has 26 heavy (non-hydrogen) atoms. The number of benzene rings is 1. The highest BCUT2D eigenvalue weighted by Crippen LogP contribution is 2.23. The van der Waals surface area contributed by atoms with Gasteiger partial charge in [0.25, 0.3) is 5.91 Å². The molecule has 1 aromatic carbocycles. The quantitative estimate of drug-likeness (QED) is 0.717. The Bertz CT molecular complexity index is 801. The van der Waals surface area contributed by atoms with Gasteiger partial charge in [-0.3, -0.25) is 9.59 Å². The molecule has 0 fully saturated rings. The first kappa shape index (κ1) is 19.9. The summed E-state index contributed by atoms with van der Waals surface area (Å²) < 4.78 is 11.1. The van der Waals surface area contributed by atoms with Crippen LogP contribution in [0.3, 0.4) is 0 Å². The minimum atomic E-state index is -0.454. The predicted octanol–water partition coefficient (Wildman–Crippen LogP) is 4.25. The van der Waals surface area contributed by atoms with Gasteiger partial charge in [0.1, 0.15) is 23.7 Å². The van der Waals surface area contributed by atoms with E-state index in [1.54, 1.807) is 6.92 Å². The van der Waals surface area contributed by atoms with Crippen molar-refractivity contribution in [2.45, 2.75) is 53.6 Å². The van der Waals surface area contributed by atoms with Crippen molar-refractivity contribution < 1.29 is 13.9 Å². The number of amides is 1. The fraction of sp³-hybridized carbons (Fsp3) is 0.429. The highest BCUT2D eigenvalue weighted by molar-refractivity contribution is 6.05. The van der Waals surface area contributed by atoms with E-state index in [1.165, 1.54) is 6.07 Å². The Morgan fingerprint density at radius 3 is 2.38 bits per heavy atom. The van der Waals surface area contributed by atoms with Crippen LogP contribution < -0.4 is 10.7 Å². The average Bonchev–Trinajstić information content (AvgIpc) is 2.61. The summed E-state index contributed by atoms with van der Waals surface area (Å²) in [6.45, 7) is 8.40. The smallest absolute Gasteiger partial charge is 0.263 e. The van der Waals surface area contributed by atoms with E-state index in [0.717, 1.165) is 36.1 Å². The van der Waals surface area contributed by atoms with Gasteiger partial charge in [-0.05, 0) is 37.3 Å². The van der Waals surface area contributed by atoms with Crippen molar-refractivity contribution in [3.63, 3.8) is 0 Å². The summed E-state index contributed by atoms with van der Waals surface area (Å²) in [5, 5.41) is 2.93. The van der Waals surface area contributed by atoms with E-state index >= 15 is 0 Å². The number of aryl methyl sites for hydroxylation is 3. The van der Waals surface area contributed by atoms with Crippen molar-refractivity contribution >= 4 is 11.6 Å². The van der Waals surface area contributed by atoms with E-state index in [9.17, 15) is 9.59 Å². The lowest BCUT2D eigenvalue weighted by Crippen LogP contribution is -2.25. The number of hydrogen-bond acceptors (Lipinski definition) is 4. The number of carbonyl (C=O) groups is 1. The van der Waals surface area contributed by atoms with Crippen LogP contribution in [0.15, 0.2) is 33.5 Å². The fourth-order valence-corrected chi connectivity index (χ4v) is 2.90. The van der Waals surface area contributed by atoms with Crippen molar-refractivity contribution in [1.29, 1.82) is 0 Å². The number of para-hydroxylation sites is 1. The third kappa shape index (κ3) is 4.61. The Labute approximate surface area is 154 Å². The topological polar surface area (TPSA) is 68.5 Å². The van der Waals surface area contributed by atoms with Gasteiger partial charge >= 0.3 is 0 Å². The highest BCUT2D eigenvalue weighted by atomic mass is 16.5. The zero-order chi connectivity index (χ0) is 19.1. The normalized spacial score (nSPS) is 10.8. The van der Waals surface area contributed by atoms with Gasteiger partial charge < -0.3 is 14.5 Å². The predicted molar refractivity (Wildman–Crippen MR) is 103 cm³/mol. The standard InChI is InChI=1S/C21H27NO4/c1-5-11-25-13-18-19(17(23)12-14(4)26-18)21(24)22-20-15(6-2)9-8-10-16(20)7-3/h8-10,12H,5-7,11,13H2,1-4H3,(H,22,24). The maximum absolute atomic E-state index is 12.9. The van der Waals surface area contributed by atoms with E-state index < -0.39 is 5.91 Å². The summed E-state index contributed by atoms with van der Waals surface area (Å²) in [5.41, 5.74) is 2.52. The molecule has 1 N–H and O–H groups in total.